The van der Waals surface area contributed by atoms with Crippen LogP contribution < -0.4 is 5.32 Å². The van der Waals surface area contributed by atoms with E-state index >= 15 is 4.39 Å². The number of aromatic nitrogens is 2. The molecule has 0 aliphatic rings. The first-order valence-corrected chi connectivity index (χ1v) is 14.4. The van der Waals surface area contributed by atoms with Crippen molar-refractivity contribution in [2.75, 3.05) is 20.6 Å². The van der Waals surface area contributed by atoms with Crippen LogP contribution in [0.1, 0.15) is 82.8 Å². The largest absolute Gasteiger partial charge is 0.444 e. The van der Waals surface area contributed by atoms with E-state index in [0.717, 1.165) is 26.8 Å². The number of hydrogen-bond acceptors (Lipinski definition) is 5. The van der Waals surface area contributed by atoms with Crippen LogP contribution in [0.25, 0.3) is 0 Å². The van der Waals surface area contributed by atoms with Crippen molar-refractivity contribution in [1.82, 2.24) is 19.4 Å². The molecule has 212 valence electrons. The topological polar surface area (TPSA) is 93.5 Å². The summed E-state index contributed by atoms with van der Waals surface area (Å²) in [7, 11) is -0.766. The van der Waals surface area contributed by atoms with Crippen LogP contribution in [0.4, 0.5) is 9.18 Å². The molecule has 2 rings (SSSR count). The van der Waals surface area contributed by atoms with Gasteiger partial charge in [-0.2, -0.15) is 5.10 Å². The van der Waals surface area contributed by atoms with Gasteiger partial charge in [-0.1, -0.05) is 45.4 Å². The quantitative estimate of drug-likeness (QED) is 0.378. The number of halogens is 2. The van der Waals surface area contributed by atoms with Gasteiger partial charge in [0.1, 0.15) is 16.3 Å². The van der Waals surface area contributed by atoms with Gasteiger partial charge in [-0.15, -0.1) is 0 Å². The molecule has 0 aliphatic heterocycles. The number of amides is 1. The summed E-state index contributed by atoms with van der Waals surface area (Å²) < 4.78 is 48.2. The third kappa shape index (κ3) is 8.28. The third-order valence-corrected chi connectivity index (χ3v) is 7.92. The maximum absolute atomic E-state index is 15.0. The Bertz CT molecular complexity index is 1280. The van der Waals surface area contributed by atoms with Crippen LogP contribution in [0.15, 0.2) is 35.0 Å². The van der Waals surface area contributed by atoms with Crippen molar-refractivity contribution in [1.29, 1.82) is 0 Å². The Morgan fingerprint density at radius 2 is 1.84 bits per heavy atom. The number of sulfonamides is 1. The molecule has 1 heterocycles. The average molecular weight is 571 g/mol. The van der Waals surface area contributed by atoms with E-state index in [9.17, 15) is 13.2 Å². The van der Waals surface area contributed by atoms with E-state index in [1.54, 1.807) is 32.9 Å². The molecule has 2 aromatic rings. The number of hydrogen-bond donors (Lipinski definition) is 1. The van der Waals surface area contributed by atoms with E-state index in [1.165, 1.54) is 26.2 Å². The number of nitrogens with zero attached hydrogens (tertiary/aromatic N) is 3. The molecule has 8 nitrogen and oxygen atoms in total. The summed E-state index contributed by atoms with van der Waals surface area (Å²) in [5.41, 5.74) is 2.62. The molecule has 38 heavy (non-hydrogen) atoms. The molecule has 0 aliphatic carbocycles. The van der Waals surface area contributed by atoms with Gasteiger partial charge in [0, 0.05) is 38.3 Å². The number of rotatable bonds is 10. The Balaban J connectivity index is 2.35. The molecule has 0 saturated heterocycles. The van der Waals surface area contributed by atoms with Crippen LogP contribution in [0.2, 0.25) is 5.02 Å². The van der Waals surface area contributed by atoms with Gasteiger partial charge in [-0.05, 0) is 56.4 Å². The maximum Gasteiger partial charge on any atom is 0.407 e. The van der Waals surface area contributed by atoms with Gasteiger partial charge in [-0.3, -0.25) is 4.68 Å². The first kappa shape index (κ1) is 31.8. The van der Waals surface area contributed by atoms with Crippen molar-refractivity contribution in [2.24, 2.45) is 0 Å². The number of nitrogens with one attached hydrogen (secondary N) is 1. The molecule has 0 saturated carbocycles. The first-order chi connectivity index (χ1) is 17.4. The zero-order valence-electron chi connectivity index (χ0n) is 23.7. The second-order valence-corrected chi connectivity index (χ2v) is 13.5. The van der Waals surface area contributed by atoms with Gasteiger partial charge < -0.3 is 10.1 Å². The molecule has 0 fully saturated rings. The summed E-state index contributed by atoms with van der Waals surface area (Å²) in [6, 6.07) is 4.84. The lowest BCUT2D eigenvalue weighted by Gasteiger charge is -2.19. The van der Waals surface area contributed by atoms with Crippen LogP contribution in [0.5, 0.6) is 0 Å². The highest BCUT2D eigenvalue weighted by molar-refractivity contribution is 7.89. The summed E-state index contributed by atoms with van der Waals surface area (Å²) in [6.07, 6.45) is 0.764. The number of benzene rings is 1. The lowest BCUT2D eigenvalue weighted by molar-refractivity contribution is 0.0534. The van der Waals surface area contributed by atoms with Crippen molar-refractivity contribution in [3.05, 3.63) is 57.6 Å². The van der Waals surface area contributed by atoms with Crippen molar-refractivity contribution in [3.8, 4) is 0 Å². The van der Waals surface area contributed by atoms with Crippen LogP contribution in [0, 0.1) is 0 Å². The summed E-state index contributed by atoms with van der Waals surface area (Å²) in [4.78, 5) is 11.9. The smallest absolute Gasteiger partial charge is 0.407 e. The summed E-state index contributed by atoms with van der Waals surface area (Å²) in [5, 5.41) is 7.49. The zero-order valence-corrected chi connectivity index (χ0v) is 25.3. The molecule has 0 atom stereocenters. The van der Waals surface area contributed by atoms with E-state index < -0.39 is 21.7 Å². The van der Waals surface area contributed by atoms with Crippen LogP contribution in [0.3, 0.4) is 0 Å². The Hall–Kier alpha value is -2.43. The predicted molar refractivity (Wildman–Crippen MR) is 149 cm³/mol. The van der Waals surface area contributed by atoms with Gasteiger partial charge in [0.25, 0.3) is 0 Å². The molecule has 1 aromatic heterocycles. The molecule has 1 aromatic carbocycles. The summed E-state index contributed by atoms with van der Waals surface area (Å²) >= 11 is 6.36. The zero-order chi connectivity index (χ0) is 29.0. The summed E-state index contributed by atoms with van der Waals surface area (Å²) in [6.45, 7) is 13.7. The van der Waals surface area contributed by atoms with Crippen LogP contribution in [-0.2, 0) is 27.7 Å². The van der Waals surface area contributed by atoms with Gasteiger partial charge in [0.2, 0.25) is 10.0 Å². The average Bonchev–Trinajstić information content (AvgIpc) is 3.10. The Morgan fingerprint density at radius 1 is 1.21 bits per heavy atom. The van der Waals surface area contributed by atoms with Gasteiger partial charge in [0.05, 0.1) is 17.3 Å². The van der Waals surface area contributed by atoms with Gasteiger partial charge in [-0.25, -0.2) is 21.9 Å². The molecule has 0 unspecified atom stereocenters. The van der Waals surface area contributed by atoms with E-state index in [2.05, 4.69) is 5.32 Å². The maximum atomic E-state index is 15.0. The third-order valence-electron chi connectivity index (χ3n) is 5.62. The van der Waals surface area contributed by atoms with Crippen molar-refractivity contribution >= 4 is 27.7 Å². The minimum Gasteiger partial charge on any atom is -0.444 e. The minimum absolute atomic E-state index is 0.00358. The fourth-order valence-electron chi connectivity index (χ4n) is 3.97. The fourth-order valence-corrected chi connectivity index (χ4v) is 5.40. The SMILES string of the molecule is CC(C)c1nn(Cc2ccc(S(=O)(=O)N(C)C)c(Cl)c2)c(C(C)C)c1C/C(F)=C/CNC(=O)OC(C)(C)C. The highest BCUT2D eigenvalue weighted by Crippen LogP contribution is 2.31. The second-order valence-electron chi connectivity index (χ2n) is 11.0. The van der Waals surface area contributed by atoms with Crippen molar-refractivity contribution < 1.29 is 22.3 Å². The fraction of sp³-hybridized carbons (Fsp3) is 0.556. The lowest BCUT2D eigenvalue weighted by atomic mass is 9.96. The number of allylic oxidation sites excluding steroid dienone is 1. The molecule has 0 radical (unpaired) electrons. The highest BCUT2D eigenvalue weighted by Gasteiger charge is 2.25. The van der Waals surface area contributed by atoms with Gasteiger partial charge in [0.15, 0.2) is 0 Å². The molecule has 1 N–H and O–H groups in total. The Kier molecular flexibility index (Phi) is 10.6. The van der Waals surface area contributed by atoms with Gasteiger partial charge >= 0.3 is 6.09 Å². The molecule has 11 heteroatoms. The van der Waals surface area contributed by atoms with Crippen LogP contribution in [-0.4, -0.2) is 54.8 Å². The number of ether oxygens (including phenoxy) is 1. The number of carbonyl (C=O) groups excluding carboxylic acids is 1. The molecule has 1 amide bonds. The molecule has 0 bridgehead atoms. The predicted octanol–water partition coefficient (Wildman–Crippen LogP) is 6.00. The van der Waals surface area contributed by atoms with E-state index in [-0.39, 0.29) is 40.5 Å². The summed E-state index contributed by atoms with van der Waals surface area (Å²) in [5.74, 6) is -0.292. The normalized spacial score (nSPS) is 13.1. The minimum atomic E-state index is -3.67. The van der Waals surface area contributed by atoms with E-state index in [4.69, 9.17) is 21.4 Å². The monoisotopic (exact) mass is 570 g/mol. The number of carbonyl (C=O) groups is 1. The second kappa shape index (κ2) is 12.6. The van der Waals surface area contributed by atoms with Crippen molar-refractivity contribution in [3.63, 3.8) is 0 Å². The molecule has 0 spiro atoms. The molecular weight excluding hydrogens is 531 g/mol. The Morgan fingerprint density at radius 3 is 2.34 bits per heavy atom. The molecular formula is C27H40ClFN4O4S. The van der Waals surface area contributed by atoms with E-state index in [1.807, 2.05) is 32.4 Å². The van der Waals surface area contributed by atoms with Crippen LogP contribution >= 0.6 is 11.6 Å². The first-order valence-electron chi connectivity index (χ1n) is 12.6. The highest BCUT2D eigenvalue weighted by atomic mass is 35.5. The van der Waals surface area contributed by atoms with Crippen molar-refractivity contribution in [2.45, 2.75) is 83.8 Å². The number of alkyl carbamates (subject to hydrolysis) is 1. The van der Waals surface area contributed by atoms with E-state index in [0.29, 0.717) is 6.54 Å². The lowest BCUT2D eigenvalue weighted by Crippen LogP contribution is -2.32. The standard InChI is InChI=1S/C27H40ClFN4O4S/c1-17(2)24-21(15-20(29)12-13-30-26(34)37-27(5,6)7)25(18(3)4)33(31-24)16-19-10-11-23(22(28)14-19)38(35,36)32(8)9/h10-12,14,17-18H,13,15-16H2,1-9H3,(H,30,34)/b20-12-. The Labute approximate surface area is 231 Å².